The van der Waals surface area contributed by atoms with Crippen molar-refractivity contribution in [3.63, 3.8) is 0 Å². The topological polar surface area (TPSA) is 28.4 Å². The SMILES string of the molecule is CC1(C)CNCCCN1Cc1ccco1. The number of nitrogens with zero attached hydrogens (tertiary/aromatic N) is 1. The van der Waals surface area contributed by atoms with Crippen molar-refractivity contribution in [1.82, 2.24) is 10.2 Å². The summed E-state index contributed by atoms with van der Waals surface area (Å²) in [5.74, 6) is 1.06. The van der Waals surface area contributed by atoms with Crippen molar-refractivity contribution >= 4 is 0 Å². The normalized spacial score (nSPS) is 22.5. The Kier molecular flexibility index (Phi) is 3.12. The molecule has 1 aliphatic rings. The van der Waals surface area contributed by atoms with Crippen molar-refractivity contribution in [3.05, 3.63) is 24.2 Å². The monoisotopic (exact) mass is 208 g/mol. The molecule has 0 amide bonds. The minimum Gasteiger partial charge on any atom is -0.468 e. The molecule has 0 bridgehead atoms. The van der Waals surface area contributed by atoms with Crippen LogP contribution in [0.5, 0.6) is 0 Å². The number of furan rings is 1. The van der Waals surface area contributed by atoms with Crippen LogP contribution in [0.25, 0.3) is 0 Å². The minimum atomic E-state index is 0.212. The Balaban J connectivity index is 2.04. The van der Waals surface area contributed by atoms with Gasteiger partial charge in [0.15, 0.2) is 0 Å². The third kappa shape index (κ3) is 2.61. The van der Waals surface area contributed by atoms with E-state index in [0.717, 1.165) is 31.9 Å². The summed E-state index contributed by atoms with van der Waals surface area (Å²) in [7, 11) is 0. The van der Waals surface area contributed by atoms with E-state index in [4.69, 9.17) is 4.42 Å². The van der Waals surface area contributed by atoms with E-state index in [1.165, 1.54) is 6.42 Å². The van der Waals surface area contributed by atoms with Gasteiger partial charge in [-0.15, -0.1) is 0 Å². The summed E-state index contributed by atoms with van der Waals surface area (Å²) in [5, 5.41) is 3.47. The molecule has 3 nitrogen and oxygen atoms in total. The van der Waals surface area contributed by atoms with Crippen molar-refractivity contribution in [2.45, 2.75) is 32.4 Å². The molecule has 0 radical (unpaired) electrons. The molecule has 0 spiro atoms. The summed E-state index contributed by atoms with van der Waals surface area (Å²) >= 11 is 0. The third-order valence-corrected chi connectivity index (χ3v) is 3.12. The van der Waals surface area contributed by atoms with Gasteiger partial charge in [-0.2, -0.15) is 0 Å². The van der Waals surface area contributed by atoms with Crippen molar-refractivity contribution < 1.29 is 4.42 Å². The van der Waals surface area contributed by atoms with Gasteiger partial charge in [0.1, 0.15) is 5.76 Å². The van der Waals surface area contributed by atoms with Gasteiger partial charge in [0, 0.05) is 18.6 Å². The Morgan fingerprint density at radius 1 is 1.53 bits per heavy atom. The Hall–Kier alpha value is -0.800. The maximum Gasteiger partial charge on any atom is 0.117 e. The van der Waals surface area contributed by atoms with Gasteiger partial charge in [-0.25, -0.2) is 0 Å². The van der Waals surface area contributed by atoms with Gasteiger partial charge in [0.05, 0.1) is 12.8 Å². The van der Waals surface area contributed by atoms with Crippen molar-refractivity contribution in [3.8, 4) is 0 Å². The predicted molar refractivity (Wildman–Crippen MR) is 60.7 cm³/mol. The van der Waals surface area contributed by atoms with E-state index in [0.29, 0.717) is 0 Å². The second-order valence-corrected chi connectivity index (χ2v) is 4.84. The Morgan fingerprint density at radius 3 is 3.13 bits per heavy atom. The maximum absolute atomic E-state index is 5.41. The summed E-state index contributed by atoms with van der Waals surface area (Å²) in [6.45, 7) is 8.80. The molecule has 2 rings (SSSR count). The number of hydrogen-bond donors (Lipinski definition) is 1. The highest BCUT2D eigenvalue weighted by Gasteiger charge is 2.28. The first-order chi connectivity index (χ1) is 7.18. The fourth-order valence-corrected chi connectivity index (χ4v) is 2.09. The van der Waals surface area contributed by atoms with E-state index in [1.807, 2.05) is 6.07 Å². The van der Waals surface area contributed by atoms with E-state index in [1.54, 1.807) is 6.26 Å². The lowest BCUT2D eigenvalue weighted by molar-refractivity contribution is 0.115. The van der Waals surface area contributed by atoms with Gasteiger partial charge in [-0.3, -0.25) is 4.90 Å². The van der Waals surface area contributed by atoms with Gasteiger partial charge in [-0.1, -0.05) is 0 Å². The smallest absolute Gasteiger partial charge is 0.117 e. The lowest BCUT2D eigenvalue weighted by Gasteiger charge is -2.36. The molecule has 0 saturated carbocycles. The van der Waals surface area contributed by atoms with Gasteiger partial charge < -0.3 is 9.73 Å². The predicted octanol–water partition coefficient (Wildman–Crippen LogP) is 1.85. The highest BCUT2D eigenvalue weighted by Crippen LogP contribution is 2.19. The molecule has 0 unspecified atom stereocenters. The molecule has 15 heavy (non-hydrogen) atoms. The molecular weight excluding hydrogens is 188 g/mol. The molecule has 1 N–H and O–H groups in total. The summed E-state index contributed by atoms with van der Waals surface area (Å²) in [6.07, 6.45) is 2.96. The van der Waals surface area contributed by atoms with Crippen LogP contribution in [-0.4, -0.2) is 30.1 Å². The van der Waals surface area contributed by atoms with E-state index >= 15 is 0 Å². The molecule has 84 valence electrons. The quantitative estimate of drug-likeness (QED) is 0.804. The lowest BCUT2D eigenvalue weighted by Crippen LogP contribution is -2.47. The summed E-state index contributed by atoms with van der Waals surface area (Å²) in [4.78, 5) is 2.49. The van der Waals surface area contributed by atoms with Crippen LogP contribution in [0.15, 0.2) is 22.8 Å². The molecule has 1 fully saturated rings. The first-order valence-electron chi connectivity index (χ1n) is 5.67. The number of nitrogens with one attached hydrogen (secondary N) is 1. The largest absolute Gasteiger partial charge is 0.468 e. The second-order valence-electron chi connectivity index (χ2n) is 4.84. The van der Waals surface area contributed by atoms with E-state index < -0.39 is 0 Å². The molecule has 1 aromatic heterocycles. The van der Waals surface area contributed by atoms with Gasteiger partial charge >= 0.3 is 0 Å². The molecule has 0 atom stereocenters. The van der Waals surface area contributed by atoms with Gasteiger partial charge in [0.2, 0.25) is 0 Å². The van der Waals surface area contributed by atoms with Gasteiger partial charge in [0.25, 0.3) is 0 Å². The highest BCUT2D eigenvalue weighted by atomic mass is 16.3. The minimum absolute atomic E-state index is 0.212. The van der Waals surface area contributed by atoms with Crippen LogP contribution in [-0.2, 0) is 6.54 Å². The summed E-state index contributed by atoms with van der Waals surface area (Å²) in [6, 6.07) is 4.01. The fraction of sp³-hybridized carbons (Fsp3) is 0.667. The van der Waals surface area contributed by atoms with E-state index in [2.05, 4.69) is 30.1 Å². The standard InChI is InChI=1S/C12H20N2O/c1-12(2)10-13-6-4-7-14(12)9-11-5-3-8-15-11/h3,5,8,13H,4,6-7,9-10H2,1-2H3. The maximum atomic E-state index is 5.41. The molecular formula is C12H20N2O. The van der Waals surface area contributed by atoms with Gasteiger partial charge in [-0.05, 0) is 38.9 Å². The zero-order chi connectivity index (χ0) is 10.7. The first-order valence-corrected chi connectivity index (χ1v) is 5.67. The van der Waals surface area contributed by atoms with E-state index in [9.17, 15) is 0 Å². The van der Waals surface area contributed by atoms with Crippen LogP contribution in [0.4, 0.5) is 0 Å². The number of rotatable bonds is 2. The fourth-order valence-electron chi connectivity index (χ4n) is 2.09. The Labute approximate surface area is 91.4 Å². The van der Waals surface area contributed by atoms with Crippen LogP contribution in [0.2, 0.25) is 0 Å². The van der Waals surface area contributed by atoms with Crippen LogP contribution in [0.3, 0.4) is 0 Å². The molecule has 1 aliphatic heterocycles. The molecule has 1 saturated heterocycles. The highest BCUT2D eigenvalue weighted by molar-refractivity contribution is 5.00. The molecule has 3 heteroatoms. The number of hydrogen-bond acceptors (Lipinski definition) is 3. The summed E-state index contributed by atoms with van der Waals surface area (Å²) < 4.78 is 5.41. The average Bonchev–Trinajstić information content (AvgIpc) is 2.62. The summed E-state index contributed by atoms with van der Waals surface area (Å²) in [5.41, 5.74) is 0.212. The van der Waals surface area contributed by atoms with Crippen LogP contribution < -0.4 is 5.32 Å². The van der Waals surface area contributed by atoms with Crippen molar-refractivity contribution in [1.29, 1.82) is 0 Å². The molecule has 2 heterocycles. The molecule has 0 aliphatic carbocycles. The molecule has 1 aromatic rings. The third-order valence-electron chi connectivity index (χ3n) is 3.12. The molecule has 0 aromatic carbocycles. The first kappa shape index (κ1) is 10.7. The average molecular weight is 208 g/mol. The Bertz CT molecular complexity index is 293. The van der Waals surface area contributed by atoms with Crippen LogP contribution in [0, 0.1) is 0 Å². The van der Waals surface area contributed by atoms with Crippen LogP contribution in [0.1, 0.15) is 26.0 Å². The van der Waals surface area contributed by atoms with Crippen molar-refractivity contribution in [2.24, 2.45) is 0 Å². The van der Waals surface area contributed by atoms with E-state index in [-0.39, 0.29) is 5.54 Å². The lowest BCUT2D eigenvalue weighted by atomic mass is 10.0. The second kappa shape index (κ2) is 4.37. The van der Waals surface area contributed by atoms with Crippen molar-refractivity contribution in [2.75, 3.05) is 19.6 Å². The van der Waals surface area contributed by atoms with Crippen LogP contribution >= 0.6 is 0 Å². The Morgan fingerprint density at radius 2 is 2.40 bits per heavy atom. The zero-order valence-corrected chi connectivity index (χ0v) is 9.62. The zero-order valence-electron chi connectivity index (χ0n) is 9.62.